The standard InChI is InChI=1S/C5H9BrO2/c1-2-4(6)5(8)3-7/h4,7H,2-3H2,1H3. The van der Waals surface area contributed by atoms with Crippen LogP contribution >= 0.6 is 15.9 Å². The van der Waals surface area contributed by atoms with E-state index in [-0.39, 0.29) is 17.2 Å². The van der Waals surface area contributed by atoms with Crippen LogP contribution in [-0.2, 0) is 4.79 Å². The summed E-state index contributed by atoms with van der Waals surface area (Å²) in [5.74, 6) is -0.146. The first-order valence-corrected chi connectivity index (χ1v) is 3.41. The predicted molar refractivity (Wildman–Crippen MR) is 35.1 cm³/mol. The third-order valence-electron chi connectivity index (χ3n) is 0.864. The number of halogens is 1. The zero-order chi connectivity index (χ0) is 6.57. The number of carbonyl (C=O) groups excluding carboxylic acids is 1. The van der Waals surface area contributed by atoms with Crippen molar-refractivity contribution in [2.24, 2.45) is 0 Å². The number of hydrogen-bond acceptors (Lipinski definition) is 2. The van der Waals surface area contributed by atoms with E-state index in [1.165, 1.54) is 0 Å². The Labute approximate surface area is 57.0 Å². The average Bonchev–Trinajstić information content (AvgIpc) is 1.84. The smallest absolute Gasteiger partial charge is 0.171 e. The SMILES string of the molecule is CCC(Br)C(=O)CO. The summed E-state index contributed by atoms with van der Waals surface area (Å²) in [4.78, 5) is 10.3. The van der Waals surface area contributed by atoms with Crippen molar-refractivity contribution in [2.45, 2.75) is 18.2 Å². The zero-order valence-electron chi connectivity index (χ0n) is 4.72. The normalized spacial score (nSPS) is 13.4. The Kier molecular flexibility index (Phi) is 4.09. The molecule has 0 amide bonds. The minimum absolute atomic E-state index is 0.146. The van der Waals surface area contributed by atoms with Gasteiger partial charge in [0.1, 0.15) is 6.61 Å². The van der Waals surface area contributed by atoms with Crippen molar-refractivity contribution in [3.05, 3.63) is 0 Å². The largest absolute Gasteiger partial charge is 0.389 e. The Morgan fingerprint density at radius 1 is 1.88 bits per heavy atom. The molecule has 0 aliphatic carbocycles. The molecular formula is C5H9BrO2. The number of aliphatic hydroxyl groups excluding tert-OH is 1. The highest BCUT2D eigenvalue weighted by Crippen LogP contribution is 2.03. The Morgan fingerprint density at radius 2 is 2.38 bits per heavy atom. The van der Waals surface area contributed by atoms with E-state index in [4.69, 9.17) is 5.11 Å². The molecule has 1 N–H and O–H groups in total. The number of alkyl halides is 1. The van der Waals surface area contributed by atoms with Gasteiger partial charge >= 0.3 is 0 Å². The van der Waals surface area contributed by atoms with Crippen LogP contribution in [0.25, 0.3) is 0 Å². The van der Waals surface area contributed by atoms with Crippen LogP contribution in [0, 0.1) is 0 Å². The van der Waals surface area contributed by atoms with Crippen molar-refractivity contribution in [1.29, 1.82) is 0 Å². The van der Waals surface area contributed by atoms with Crippen LogP contribution < -0.4 is 0 Å². The van der Waals surface area contributed by atoms with Crippen LogP contribution in [0.3, 0.4) is 0 Å². The van der Waals surface area contributed by atoms with Gasteiger partial charge in [0.15, 0.2) is 5.78 Å². The molecule has 0 radical (unpaired) electrons. The molecule has 0 saturated carbocycles. The number of rotatable bonds is 3. The quantitative estimate of drug-likeness (QED) is 0.651. The van der Waals surface area contributed by atoms with Crippen LogP contribution in [-0.4, -0.2) is 22.3 Å². The molecule has 1 atom stereocenters. The van der Waals surface area contributed by atoms with Gasteiger partial charge in [0, 0.05) is 0 Å². The van der Waals surface area contributed by atoms with Gasteiger partial charge in [-0.1, -0.05) is 22.9 Å². The van der Waals surface area contributed by atoms with Crippen LogP contribution in [0.2, 0.25) is 0 Å². The van der Waals surface area contributed by atoms with Gasteiger partial charge in [0.05, 0.1) is 4.83 Å². The molecule has 8 heavy (non-hydrogen) atoms. The van der Waals surface area contributed by atoms with Gasteiger partial charge in [-0.3, -0.25) is 4.79 Å². The van der Waals surface area contributed by atoms with Crippen LogP contribution in [0.15, 0.2) is 0 Å². The molecule has 0 saturated heterocycles. The first-order chi connectivity index (χ1) is 3.72. The van der Waals surface area contributed by atoms with Gasteiger partial charge in [0.25, 0.3) is 0 Å². The van der Waals surface area contributed by atoms with E-state index >= 15 is 0 Å². The minimum atomic E-state index is -0.357. The van der Waals surface area contributed by atoms with E-state index in [1.54, 1.807) is 0 Å². The van der Waals surface area contributed by atoms with Crippen LogP contribution in [0.1, 0.15) is 13.3 Å². The molecule has 48 valence electrons. The lowest BCUT2D eigenvalue weighted by atomic mass is 10.2. The molecule has 0 fully saturated rings. The van der Waals surface area contributed by atoms with Crippen molar-refractivity contribution in [1.82, 2.24) is 0 Å². The molecule has 3 heteroatoms. The van der Waals surface area contributed by atoms with Crippen molar-refractivity contribution in [3.8, 4) is 0 Å². The first kappa shape index (κ1) is 8.11. The zero-order valence-corrected chi connectivity index (χ0v) is 6.31. The fourth-order valence-electron chi connectivity index (χ4n) is 0.327. The maximum absolute atomic E-state index is 10.4. The fraction of sp³-hybridized carbons (Fsp3) is 0.800. The fourth-order valence-corrected chi connectivity index (χ4v) is 0.472. The van der Waals surface area contributed by atoms with Crippen molar-refractivity contribution in [3.63, 3.8) is 0 Å². The third-order valence-corrected chi connectivity index (χ3v) is 2.02. The monoisotopic (exact) mass is 180 g/mol. The lowest BCUT2D eigenvalue weighted by Crippen LogP contribution is -2.16. The Morgan fingerprint density at radius 3 is 2.50 bits per heavy atom. The average molecular weight is 181 g/mol. The highest BCUT2D eigenvalue weighted by molar-refractivity contribution is 9.10. The molecule has 0 aromatic carbocycles. The minimum Gasteiger partial charge on any atom is -0.389 e. The number of aliphatic hydroxyl groups is 1. The summed E-state index contributed by atoms with van der Waals surface area (Å²) < 4.78 is 0. The maximum Gasteiger partial charge on any atom is 0.171 e. The molecule has 0 rings (SSSR count). The molecular weight excluding hydrogens is 172 g/mol. The molecule has 0 bridgehead atoms. The third kappa shape index (κ3) is 2.43. The molecule has 0 aliphatic heterocycles. The summed E-state index contributed by atoms with van der Waals surface area (Å²) in [6.45, 7) is 1.52. The molecule has 0 aliphatic rings. The van der Waals surface area contributed by atoms with E-state index in [9.17, 15) is 4.79 Å². The van der Waals surface area contributed by atoms with Gasteiger partial charge in [-0.25, -0.2) is 0 Å². The maximum atomic E-state index is 10.4. The van der Waals surface area contributed by atoms with Crippen molar-refractivity contribution in [2.75, 3.05) is 6.61 Å². The number of Topliss-reactive ketones (excluding diaryl/α,β-unsaturated/α-hetero) is 1. The molecule has 0 spiro atoms. The highest BCUT2D eigenvalue weighted by Gasteiger charge is 2.09. The van der Waals surface area contributed by atoms with Gasteiger partial charge in [-0.05, 0) is 6.42 Å². The highest BCUT2D eigenvalue weighted by atomic mass is 79.9. The van der Waals surface area contributed by atoms with Gasteiger partial charge in [0.2, 0.25) is 0 Å². The molecule has 0 heterocycles. The lowest BCUT2D eigenvalue weighted by Gasteiger charge is -1.99. The topological polar surface area (TPSA) is 37.3 Å². The van der Waals surface area contributed by atoms with Crippen molar-refractivity contribution < 1.29 is 9.90 Å². The molecule has 2 nitrogen and oxygen atoms in total. The second-order valence-corrected chi connectivity index (χ2v) is 2.61. The molecule has 0 aromatic heterocycles. The van der Waals surface area contributed by atoms with E-state index < -0.39 is 0 Å². The lowest BCUT2D eigenvalue weighted by molar-refractivity contribution is -0.121. The summed E-state index contributed by atoms with van der Waals surface area (Å²) in [5, 5.41) is 8.26. The van der Waals surface area contributed by atoms with Gasteiger partial charge in [-0.2, -0.15) is 0 Å². The van der Waals surface area contributed by atoms with E-state index in [1.807, 2.05) is 6.92 Å². The summed E-state index contributed by atoms with van der Waals surface area (Å²) in [5.41, 5.74) is 0. The van der Waals surface area contributed by atoms with Crippen LogP contribution in [0.4, 0.5) is 0 Å². The van der Waals surface area contributed by atoms with Gasteiger partial charge in [-0.15, -0.1) is 0 Å². The number of carbonyl (C=O) groups is 1. The second kappa shape index (κ2) is 4.04. The number of ketones is 1. The Bertz CT molecular complexity index is 82.5. The Balaban J connectivity index is 3.46. The van der Waals surface area contributed by atoms with Crippen molar-refractivity contribution >= 4 is 21.7 Å². The summed E-state index contributed by atoms with van der Waals surface area (Å²) in [7, 11) is 0. The summed E-state index contributed by atoms with van der Waals surface area (Å²) >= 11 is 3.09. The summed E-state index contributed by atoms with van der Waals surface area (Å²) in [6, 6.07) is 0. The van der Waals surface area contributed by atoms with E-state index in [2.05, 4.69) is 15.9 Å². The van der Waals surface area contributed by atoms with Gasteiger partial charge < -0.3 is 5.11 Å². The Hall–Kier alpha value is 0.110. The van der Waals surface area contributed by atoms with E-state index in [0.29, 0.717) is 0 Å². The molecule has 0 aromatic rings. The summed E-state index contributed by atoms with van der Waals surface area (Å²) in [6.07, 6.45) is 0.736. The number of hydrogen-bond donors (Lipinski definition) is 1. The van der Waals surface area contributed by atoms with Crippen LogP contribution in [0.5, 0.6) is 0 Å². The van der Waals surface area contributed by atoms with E-state index in [0.717, 1.165) is 6.42 Å². The predicted octanol–water partition coefficient (Wildman–Crippen LogP) is 0.721. The first-order valence-electron chi connectivity index (χ1n) is 2.50. The molecule has 1 unspecified atom stereocenters. The second-order valence-electron chi connectivity index (χ2n) is 1.50.